The molecule has 0 aromatic heterocycles. The van der Waals surface area contributed by atoms with Gasteiger partial charge in [-0.25, -0.2) is 8.42 Å². The molecule has 0 unspecified atom stereocenters. The monoisotopic (exact) mass is 296 g/mol. The molecule has 1 aromatic rings. The maximum atomic E-state index is 12.6. The maximum Gasteiger partial charge on any atom is 0.243 e. The zero-order chi connectivity index (χ0) is 14.6. The highest BCUT2D eigenvalue weighted by Gasteiger charge is 2.27. The summed E-state index contributed by atoms with van der Waals surface area (Å²) in [5.41, 5.74) is 1.20. The first-order valence-electron chi connectivity index (χ1n) is 7.39. The Morgan fingerprint density at radius 1 is 1.00 bits per heavy atom. The van der Waals surface area contributed by atoms with Gasteiger partial charge in [-0.3, -0.25) is 0 Å². The van der Waals surface area contributed by atoms with Crippen LogP contribution in [0.25, 0.3) is 0 Å². The van der Waals surface area contributed by atoms with E-state index in [1.165, 1.54) is 5.56 Å². The highest BCUT2D eigenvalue weighted by Crippen LogP contribution is 2.18. The quantitative estimate of drug-likeness (QED) is 0.834. The fourth-order valence-corrected chi connectivity index (χ4v) is 3.97. The average Bonchev–Trinajstić information content (AvgIpc) is 2.48. The van der Waals surface area contributed by atoms with Crippen molar-refractivity contribution in [1.29, 1.82) is 0 Å². The van der Waals surface area contributed by atoms with Crippen molar-refractivity contribution in [2.45, 2.75) is 31.6 Å². The smallest absolute Gasteiger partial charge is 0.243 e. The molecular weight excluding hydrogens is 272 g/mol. The van der Waals surface area contributed by atoms with Crippen molar-refractivity contribution in [3.8, 4) is 0 Å². The second-order valence-corrected chi connectivity index (χ2v) is 7.17. The third kappa shape index (κ3) is 3.40. The number of sulfonamides is 1. The largest absolute Gasteiger partial charge is 0.301 e. The molecule has 0 spiro atoms. The van der Waals surface area contributed by atoms with Crippen molar-refractivity contribution < 1.29 is 8.42 Å². The molecule has 0 radical (unpaired) electrons. The van der Waals surface area contributed by atoms with Crippen LogP contribution in [0.4, 0.5) is 0 Å². The lowest BCUT2D eigenvalue weighted by Gasteiger charge is -2.33. The first kappa shape index (κ1) is 15.5. The van der Waals surface area contributed by atoms with E-state index in [0.717, 1.165) is 32.5 Å². The lowest BCUT2D eigenvalue weighted by atomic mass is 10.1. The molecule has 0 amide bonds. The van der Waals surface area contributed by atoms with Crippen molar-refractivity contribution in [2.75, 3.05) is 32.7 Å². The number of rotatable bonds is 5. The van der Waals surface area contributed by atoms with Crippen LogP contribution in [0.5, 0.6) is 0 Å². The number of piperazine rings is 1. The normalized spacial score (nSPS) is 18.3. The van der Waals surface area contributed by atoms with E-state index in [1.54, 1.807) is 16.4 Å². The van der Waals surface area contributed by atoms with Gasteiger partial charge in [-0.1, -0.05) is 32.4 Å². The van der Waals surface area contributed by atoms with Crippen LogP contribution in [0.3, 0.4) is 0 Å². The molecule has 0 aliphatic carbocycles. The third-order valence-corrected chi connectivity index (χ3v) is 5.79. The van der Waals surface area contributed by atoms with Gasteiger partial charge < -0.3 is 4.90 Å². The molecule has 0 bridgehead atoms. The van der Waals surface area contributed by atoms with Gasteiger partial charge in [0.25, 0.3) is 0 Å². The van der Waals surface area contributed by atoms with E-state index in [1.807, 2.05) is 12.1 Å². The van der Waals surface area contributed by atoms with Crippen LogP contribution in [-0.2, 0) is 16.4 Å². The second-order valence-electron chi connectivity index (χ2n) is 5.23. The summed E-state index contributed by atoms with van der Waals surface area (Å²) in [5.74, 6) is 0. The first-order chi connectivity index (χ1) is 9.57. The first-order valence-corrected chi connectivity index (χ1v) is 8.83. The van der Waals surface area contributed by atoms with Crippen LogP contribution in [0.15, 0.2) is 29.2 Å². The Hall–Kier alpha value is -0.910. The summed E-state index contributed by atoms with van der Waals surface area (Å²) in [6, 6.07) is 7.34. The van der Waals surface area contributed by atoms with Crippen LogP contribution in [-0.4, -0.2) is 50.3 Å². The lowest BCUT2D eigenvalue weighted by Crippen LogP contribution is -2.48. The summed E-state index contributed by atoms with van der Waals surface area (Å²) < 4.78 is 26.7. The Balaban J connectivity index is 2.10. The van der Waals surface area contributed by atoms with Crippen molar-refractivity contribution in [2.24, 2.45) is 0 Å². The van der Waals surface area contributed by atoms with Crippen molar-refractivity contribution in [3.05, 3.63) is 29.8 Å². The van der Waals surface area contributed by atoms with Crippen LogP contribution < -0.4 is 0 Å². The van der Waals surface area contributed by atoms with Crippen molar-refractivity contribution in [1.82, 2.24) is 9.21 Å². The molecule has 0 saturated carbocycles. The summed E-state index contributed by atoms with van der Waals surface area (Å²) >= 11 is 0. The number of likely N-dealkylation sites (N-methyl/N-ethyl adjacent to an activating group) is 1. The summed E-state index contributed by atoms with van der Waals surface area (Å²) in [4.78, 5) is 2.69. The minimum absolute atomic E-state index is 0.419. The number of hydrogen-bond acceptors (Lipinski definition) is 3. The SMILES string of the molecule is CCCc1ccc(S(=O)(=O)N2CCN(CC)CC2)cc1. The van der Waals surface area contributed by atoms with Gasteiger partial charge in [0.15, 0.2) is 0 Å². The molecule has 20 heavy (non-hydrogen) atoms. The minimum atomic E-state index is -3.32. The summed E-state index contributed by atoms with van der Waals surface area (Å²) in [7, 11) is -3.32. The van der Waals surface area contributed by atoms with E-state index in [0.29, 0.717) is 18.0 Å². The van der Waals surface area contributed by atoms with Gasteiger partial charge in [0, 0.05) is 26.2 Å². The molecule has 1 fully saturated rings. The fraction of sp³-hybridized carbons (Fsp3) is 0.600. The number of benzene rings is 1. The number of aryl methyl sites for hydroxylation is 1. The Labute approximate surface area is 122 Å². The molecule has 1 heterocycles. The molecule has 4 nitrogen and oxygen atoms in total. The molecule has 0 atom stereocenters. The van der Waals surface area contributed by atoms with E-state index in [9.17, 15) is 8.42 Å². The highest BCUT2D eigenvalue weighted by atomic mass is 32.2. The Kier molecular flexibility index (Phi) is 5.18. The highest BCUT2D eigenvalue weighted by molar-refractivity contribution is 7.89. The van der Waals surface area contributed by atoms with Crippen LogP contribution in [0.1, 0.15) is 25.8 Å². The van der Waals surface area contributed by atoms with Crippen molar-refractivity contribution in [3.63, 3.8) is 0 Å². The maximum absolute atomic E-state index is 12.6. The summed E-state index contributed by atoms with van der Waals surface area (Å²) in [6.07, 6.45) is 2.07. The molecular formula is C15H24N2O2S. The molecule has 1 aliphatic rings. The molecule has 1 aliphatic heterocycles. The van der Waals surface area contributed by atoms with Gasteiger partial charge in [0.2, 0.25) is 10.0 Å². The van der Waals surface area contributed by atoms with Crippen molar-refractivity contribution >= 4 is 10.0 Å². The van der Waals surface area contributed by atoms with Crippen LogP contribution in [0, 0.1) is 0 Å². The van der Waals surface area contributed by atoms with E-state index in [2.05, 4.69) is 18.7 Å². The van der Waals surface area contributed by atoms with Gasteiger partial charge in [-0.05, 0) is 30.7 Å². The second kappa shape index (κ2) is 6.70. The van der Waals surface area contributed by atoms with Gasteiger partial charge in [0.1, 0.15) is 0 Å². The summed E-state index contributed by atoms with van der Waals surface area (Å²) in [6.45, 7) is 8.04. The van der Waals surface area contributed by atoms with Crippen LogP contribution in [0.2, 0.25) is 0 Å². The Bertz CT molecular complexity index is 517. The Morgan fingerprint density at radius 3 is 2.10 bits per heavy atom. The fourth-order valence-electron chi connectivity index (χ4n) is 2.55. The predicted molar refractivity (Wildman–Crippen MR) is 81.3 cm³/mol. The summed E-state index contributed by atoms with van der Waals surface area (Å²) in [5, 5.41) is 0. The Morgan fingerprint density at radius 2 is 1.60 bits per heavy atom. The van der Waals surface area contributed by atoms with E-state index < -0.39 is 10.0 Å². The zero-order valence-electron chi connectivity index (χ0n) is 12.4. The minimum Gasteiger partial charge on any atom is -0.301 e. The number of nitrogens with zero attached hydrogens (tertiary/aromatic N) is 2. The van der Waals surface area contributed by atoms with Crippen LogP contribution >= 0.6 is 0 Å². The van der Waals surface area contributed by atoms with Gasteiger partial charge >= 0.3 is 0 Å². The molecule has 1 saturated heterocycles. The zero-order valence-corrected chi connectivity index (χ0v) is 13.2. The molecule has 0 N–H and O–H groups in total. The molecule has 1 aromatic carbocycles. The number of hydrogen-bond donors (Lipinski definition) is 0. The standard InChI is InChI=1S/C15H24N2O2S/c1-3-5-14-6-8-15(9-7-14)20(18,19)17-12-10-16(4-2)11-13-17/h6-9H,3-5,10-13H2,1-2H3. The topological polar surface area (TPSA) is 40.6 Å². The average molecular weight is 296 g/mol. The van der Waals surface area contributed by atoms with E-state index in [-0.39, 0.29) is 0 Å². The predicted octanol–water partition coefficient (Wildman–Crippen LogP) is 1.97. The third-order valence-electron chi connectivity index (χ3n) is 3.88. The van der Waals surface area contributed by atoms with E-state index >= 15 is 0 Å². The van der Waals surface area contributed by atoms with E-state index in [4.69, 9.17) is 0 Å². The van der Waals surface area contributed by atoms with Gasteiger partial charge in [-0.2, -0.15) is 4.31 Å². The van der Waals surface area contributed by atoms with Gasteiger partial charge in [-0.15, -0.1) is 0 Å². The molecule has 5 heteroatoms. The molecule has 2 rings (SSSR count). The lowest BCUT2D eigenvalue weighted by molar-refractivity contribution is 0.196. The molecule has 112 valence electrons. The van der Waals surface area contributed by atoms with Gasteiger partial charge in [0.05, 0.1) is 4.90 Å².